The Bertz CT molecular complexity index is 907. The van der Waals surface area contributed by atoms with Crippen LogP contribution in [0.15, 0.2) is 50.1 Å². The summed E-state index contributed by atoms with van der Waals surface area (Å²) >= 11 is 6.01. The number of fused-ring (bicyclic) bond motifs is 1. The monoisotopic (exact) mass is 409 g/mol. The fourth-order valence-corrected chi connectivity index (χ4v) is 3.79. The van der Waals surface area contributed by atoms with Gasteiger partial charge in [0.25, 0.3) is 5.56 Å². The van der Waals surface area contributed by atoms with Gasteiger partial charge in [-0.3, -0.25) is 9.59 Å². The van der Waals surface area contributed by atoms with Crippen LogP contribution in [0.5, 0.6) is 0 Å². The molecule has 0 aliphatic heterocycles. The van der Waals surface area contributed by atoms with Crippen molar-refractivity contribution in [3.63, 3.8) is 0 Å². The smallest absolute Gasteiger partial charge is 0.269 e. The lowest BCUT2D eigenvalue weighted by molar-refractivity contribution is -0.118. The Morgan fingerprint density at radius 1 is 1.35 bits per heavy atom. The summed E-state index contributed by atoms with van der Waals surface area (Å²) in [5, 5.41) is 5.13. The van der Waals surface area contributed by atoms with Crippen LogP contribution in [0.1, 0.15) is 5.56 Å². The number of carbonyl (C=O) groups excluding carboxylic acids is 1. The zero-order valence-corrected chi connectivity index (χ0v) is 15.1. The van der Waals surface area contributed by atoms with Crippen LogP contribution in [0.4, 0.5) is 0 Å². The van der Waals surface area contributed by atoms with Gasteiger partial charge >= 0.3 is 0 Å². The Morgan fingerprint density at radius 3 is 3.00 bits per heavy atom. The SMILES string of the molecule is O=C(CSc1nc2ccsc2c(=O)[nH]1)NCc1ccccc1Br. The summed E-state index contributed by atoms with van der Waals surface area (Å²) in [4.78, 5) is 30.8. The number of rotatable bonds is 5. The number of nitrogens with one attached hydrogen (secondary N) is 2. The molecule has 8 heteroatoms. The predicted molar refractivity (Wildman–Crippen MR) is 97.0 cm³/mol. The Kier molecular flexibility index (Phi) is 5.14. The lowest BCUT2D eigenvalue weighted by Gasteiger charge is -2.06. The molecule has 3 rings (SSSR count). The van der Waals surface area contributed by atoms with Gasteiger partial charge in [0.15, 0.2) is 5.16 Å². The summed E-state index contributed by atoms with van der Waals surface area (Å²) in [5.74, 6) is 0.0853. The van der Waals surface area contributed by atoms with Gasteiger partial charge in [0.2, 0.25) is 5.91 Å². The molecule has 0 aliphatic carbocycles. The highest BCUT2D eigenvalue weighted by atomic mass is 79.9. The molecular weight excluding hydrogens is 398 g/mol. The van der Waals surface area contributed by atoms with Crippen molar-refractivity contribution in [2.75, 3.05) is 5.75 Å². The van der Waals surface area contributed by atoms with E-state index in [0.717, 1.165) is 10.0 Å². The Balaban J connectivity index is 1.58. The van der Waals surface area contributed by atoms with Gasteiger partial charge in [0, 0.05) is 11.0 Å². The molecule has 0 bridgehead atoms. The molecule has 2 aromatic heterocycles. The Morgan fingerprint density at radius 2 is 2.17 bits per heavy atom. The summed E-state index contributed by atoms with van der Waals surface area (Å²) < 4.78 is 1.56. The Labute approximate surface area is 148 Å². The molecule has 0 unspecified atom stereocenters. The summed E-state index contributed by atoms with van der Waals surface area (Å²) in [6.07, 6.45) is 0. The molecule has 0 aliphatic rings. The lowest BCUT2D eigenvalue weighted by atomic mass is 10.2. The molecule has 0 saturated heterocycles. The first-order valence-electron chi connectivity index (χ1n) is 6.74. The molecule has 3 aromatic rings. The predicted octanol–water partition coefficient (Wildman–Crippen LogP) is 3.16. The van der Waals surface area contributed by atoms with Gasteiger partial charge in [-0.15, -0.1) is 11.3 Å². The molecule has 0 saturated carbocycles. The zero-order chi connectivity index (χ0) is 16.2. The number of aromatic nitrogens is 2. The van der Waals surface area contributed by atoms with E-state index in [2.05, 4.69) is 31.2 Å². The molecule has 0 radical (unpaired) electrons. The lowest BCUT2D eigenvalue weighted by Crippen LogP contribution is -2.25. The molecule has 23 heavy (non-hydrogen) atoms. The van der Waals surface area contributed by atoms with Crippen LogP contribution in [0.2, 0.25) is 0 Å². The molecule has 5 nitrogen and oxygen atoms in total. The molecule has 2 N–H and O–H groups in total. The summed E-state index contributed by atoms with van der Waals surface area (Å²) in [5.41, 5.74) is 1.51. The average molecular weight is 410 g/mol. The normalized spacial score (nSPS) is 10.8. The molecule has 2 heterocycles. The van der Waals surface area contributed by atoms with E-state index in [1.807, 2.05) is 29.6 Å². The topological polar surface area (TPSA) is 74.8 Å². The maximum Gasteiger partial charge on any atom is 0.269 e. The van der Waals surface area contributed by atoms with Crippen LogP contribution in [-0.4, -0.2) is 21.6 Å². The van der Waals surface area contributed by atoms with Crippen molar-refractivity contribution in [3.8, 4) is 0 Å². The van der Waals surface area contributed by atoms with E-state index in [1.54, 1.807) is 6.07 Å². The van der Waals surface area contributed by atoms with E-state index in [9.17, 15) is 9.59 Å². The first-order valence-corrected chi connectivity index (χ1v) is 9.40. The van der Waals surface area contributed by atoms with Crippen molar-refractivity contribution in [3.05, 3.63) is 56.1 Å². The van der Waals surface area contributed by atoms with E-state index in [1.165, 1.54) is 23.1 Å². The third kappa shape index (κ3) is 4.01. The van der Waals surface area contributed by atoms with Crippen molar-refractivity contribution >= 4 is 55.2 Å². The van der Waals surface area contributed by atoms with Gasteiger partial charge in [0.05, 0.1) is 11.3 Å². The fraction of sp³-hybridized carbons (Fsp3) is 0.133. The van der Waals surface area contributed by atoms with Crippen molar-refractivity contribution in [2.24, 2.45) is 0 Å². The second kappa shape index (κ2) is 7.29. The number of hydrogen-bond donors (Lipinski definition) is 2. The van der Waals surface area contributed by atoms with Crippen molar-refractivity contribution in [1.82, 2.24) is 15.3 Å². The van der Waals surface area contributed by atoms with Crippen LogP contribution in [0.3, 0.4) is 0 Å². The second-order valence-electron chi connectivity index (χ2n) is 4.66. The number of aromatic amines is 1. The maximum atomic E-state index is 11.9. The first kappa shape index (κ1) is 16.2. The summed E-state index contributed by atoms with van der Waals surface area (Å²) in [6, 6.07) is 9.52. The van der Waals surface area contributed by atoms with Crippen molar-refractivity contribution < 1.29 is 4.79 Å². The number of H-pyrrole nitrogens is 1. The highest BCUT2D eigenvalue weighted by Gasteiger charge is 2.08. The summed E-state index contributed by atoms with van der Waals surface area (Å²) in [7, 11) is 0. The van der Waals surface area contributed by atoms with E-state index >= 15 is 0 Å². The van der Waals surface area contributed by atoms with Crippen molar-refractivity contribution in [1.29, 1.82) is 0 Å². The molecule has 1 aromatic carbocycles. The minimum atomic E-state index is -0.166. The number of nitrogens with zero attached hydrogens (tertiary/aromatic N) is 1. The van der Waals surface area contributed by atoms with E-state index in [0.29, 0.717) is 21.9 Å². The molecule has 0 fully saturated rings. The largest absolute Gasteiger partial charge is 0.351 e. The minimum absolute atomic E-state index is 0.112. The fourth-order valence-electron chi connectivity index (χ4n) is 1.94. The summed E-state index contributed by atoms with van der Waals surface area (Å²) in [6.45, 7) is 0.453. The van der Waals surface area contributed by atoms with Crippen molar-refractivity contribution in [2.45, 2.75) is 11.7 Å². The van der Waals surface area contributed by atoms with Crippen LogP contribution >= 0.6 is 39.0 Å². The number of carbonyl (C=O) groups is 1. The van der Waals surface area contributed by atoms with Crippen LogP contribution in [0, 0.1) is 0 Å². The van der Waals surface area contributed by atoms with Gasteiger partial charge < -0.3 is 10.3 Å². The number of amides is 1. The molecule has 0 atom stereocenters. The third-order valence-electron chi connectivity index (χ3n) is 3.07. The maximum absolute atomic E-state index is 11.9. The molecule has 1 amide bonds. The third-order valence-corrected chi connectivity index (χ3v) is 5.62. The van der Waals surface area contributed by atoms with Gasteiger partial charge in [-0.05, 0) is 23.1 Å². The number of benzene rings is 1. The zero-order valence-electron chi connectivity index (χ0n) is 11.8. The van der Waals surface area contributed by atoms with Crippen LogP contribution in [-0.2, 0) is 11.3 Å². The van der Waals surface area contributed by atoms with Gasteiger partial charge in [-0.2, -0.15) is 0 Å². The minimum Gasteiger partial charge on any atom is -0.351 e. The molecule has 118 valence electrons. The van der Waals surface area contributed by atoms with Gasteiger partial charge in [-0.25, -0.2) is 4.98 Å². The average Bonchev–Trinajstić information content (AvgIpc) is 3.01. The first-order chi connectivity index (χ1) is 11.1. The highest BCUT2D eigenvalue weighted by Crippen LogP contribution is 2.18. The number of thioether (sulfide) groups is 1. The van der Waals surface area contributed by atoms with E-state index < -0.39 is 0 Å². The standard InChI is InChI=1S/C15H12BrN3O2S2/c16-10-4-2-1-3-9(10)7-17-12(20)8-23-15-18-11-5-6-22-13(11)14(21)19-15/h1-6H,7-8H2,(H,17,20)(H,18,19,21). The van der Waals surface area contributed by atoms with Crippen LogP contribution < -0.4 is 10.9 Å². The molecular formula is C15H12BrN3O2S2. The number of halogens is 1. The highest BCUT2D eigenvalue weighted by molar-refractivity contribution is 9.10. The second-order valence-corrected chi connectivity index (χ2v) is 7.40. The number of thiophene rings is 1. The van der Waals surface area contributed by atoms with Gasteiger partial charge in [-0.1, -0.05) is 45.9 Å². The Hall–Kier alpha value is -1.64. The quantitative estimate of drug-likeness (QED) is 0.501. The van der Waals surface area contributed by atoms with Gasteiger partial charge in [0.1, 0.15) is 4.70 Å². The number of hydrogen-bond acceptors (Lipinski definition) is 5. The molecule has 0 spiro atoms. The van der Waals surface area contributed by atoms with E-state index in [4.69, 9.17) is 0 Å². The van der Waals surface area contributed by atoms with Crippen LogP contribution in [0.25, 0.3) is 10.2 Å². The van der Waals surface area contributed by atoms with E-state index in [-0.39, 0.29) is 17.2 Å².